The first-order valence-electron chi connectivity index (χ1n) is 11.9. The van der Waals surface area contributed by atoms with Gasteiger partial charge in [-0.05, 0) is 29.8 Å². The summed E-state index contributed by atoms with van der Waals surface area (Å²) in [5.41, 5.74) is 3.84. The monoisotopic (exact) mass is 531 g/mol. The molecule has 3 N–H and O–H groups in total. The lowest BCUT2D eigenvalue weighted by atomic mass is 10.1. The molecule has 0 saturated heterocycles. The number of rotatable bonds is 5. The van der Waals surface area contributed by atoms with Gasteiger partial charge in [0.15, 0.2) is 5.82 Å². The van der Waals surface area contributed by atoms with Gasteiger partial charge in [0.05, 0.1) is 17.4 Å². The summed E-state index contributed by atoms with van der Waals surface area (Å²) >= 11 is 6.36. The second kappa shape index (κ2) is 10.8. The van der Waals surface area contributed by atoms with Crippen molar-refractivity contribution in [2.45, 2.75) is 6.54 Å². The maximum Gasteiger partial charge on any atom is 0.329 e. The molecule has 0 aliphatic carbocycles. The van der Waals surface area contributed by atoms with Gasteiger partial charge >= 0.3 is 6.03 Å². The van der Waals surface area contributed by atoms with Gasteiger partial charge in [0, 0.05) is 57.5 Å². The van der Waals surface area contributed by atoms with E-state index in [0.29, 0.717) is 47.7 Å². The number of carbonyl (C=O) groups is 2. The zero-order valence-electron chi connectivity index (χ0n) is 20.8. The molecule has 12 heteroatoms. The molecule has 0 saturated carbocycles. The molecular weight excluding hydrogens is 506 g/mol. The molecule has 4 aromatic rings. The number of nitrogens with zero attached hydrogens (tertiary/aromatic N) is 6. The smallest absolute Gasteiger partial charge is 0.329 e. The Labute approximate surface area is 224 Å². The van der Waals surface area contributed by atoms with E-state index in [4.69, 9.17) is 11.6 Å². The van der Waals surface area contributed by atoms with Crippen LogP contribution in [0.4, 0.5) is 33.6 Å². The van der Waals surface area contributed by atoms with E-state index in [9.17, 15) is 9.59 Å². The Balaban J connectivity index is 1.36. The van der Waals surface area contributed by atoms with E-state index in [1.807, 2.05) is 31.3 Å². The minimum Gasteiger partial charge on any atom is -0.372 e. The molecule has 2 aromatic carbocycles. The topological polar surface area (TPSA) is 120 Å². The first kappa shape index (κ1) is 25.0. The number of hydrogen-bond acceptors (Lipinski definition) is 8. The Morgan fingerprint density at radius 3 is 2.71 bits per heavy atom. The van der Waals surface area contributed by atoms with Crippen LogP contribution >= 0.6 is 11.6 Å². The number of imidazole rings is 1. The Bertz CT molecular complexity index is 1480. The number of aromatic nitrogens is 4. The number of halogens is 1. The second-order valence-electron chi connectivity index (χ2n) is 8.70. The van der Waals surface area contributed by atoms with Crippen molar-refractivity contribution < 1.29 is 9.59 Å². The van der Waals surface area contributed by atoms with Crippen molar-refractivity contribution in [3.05, 3.63) is 83.5 Å². The van der Waals surface area contributed by atoms with Crippen LogP contribution in [0.1, 0.15) is 15.9 Å². The van der Waals surface area contributed by atoms with Gasteiger partial charge in [-0.15, -0.1) is 0 Å². The Morgan fingerprint density at radius 2 is 1.92 bits per heavy atom. The molecule has 38 heavy (non-hydrogen) atoms. The standard InChI is InChI=1S/C26H26ClN9O2/c1-28-24(37)19-5-3-4-6-21(19)32-23-20(27)14-30-25(33-23)31-18-8-7-17-15-35(12-11-34(2)22(17)13-18)26(38)36-10-9-29-16-36/h3-10,13-14,16H,11-12,15H2,1-2H3,(H,28,37)(H2,30,31,32,33). The molecule has 1 aliphatic rings. The molecule has 0 atom stereocenters. The van der Waals surface area contributed by atoms with Crippen LogP contribution in [0.25, 0.3) is 0 Å². The molecule has 2 aromatic heterocycles. The SMILES string of the molecule is CNC(=O)c1ccccc1Nc1nc(Nc2ccc3c(c2)N(C)CCN(C(=O)n2ccnc2)C3)ncc1Cl. The van der Waals surface area contributed by atoms with E-state index in [1.165, 1.54) is 17.1 Å². The second-order valence-corrected chi connectivity index (χ2v) is 9.11. The van der Waals surface area contributed by atoms with Gasteiger partial charge in [0.25, 0.3) is 5.91 Å². The number of amides is 2. The first-order valence-corrected chi connectivity index (χ1v) is 12.3. The maximum atomic E-state index is 12.9. The van der Waals surface area contributed by atoms with Crippen molar-refractivity contribution in [3.63, 3.8) is 0 Å². The zero-order valence-corrected chi connectivity index (χ0v) is 21.6. The number of likely N-dealkylation sites (N-methyl/N-ethyl adjacent to an activating group) is 1. The van der Waals surface area contributed by atoms with Gasteiger partial charge in [0.2, 0.25) is 5.95 Å². The van der Waals surface area contributed by atoms with Crippen molar-refractivity contribution in [1.82, 2.24) is 29.7 Å². The normalized spacial score (nSPS) is 12.9. The fourth-order valence-electron chi connectivity index (χ4n) is 4.20. The Kier molecular flexibility index (Phi) is 7.09. The summed E-state index contributed by atoms with van der Waals surface area (Å²) in [6, 6.07) is 12.9. The predicted octanol–water partition coefficient (Wildman–Crippen LogP) is 4.09. The van der Waals surface area contributed by atoms with Crippen molar-refractivity contribution in [3.8, 4) is 0 Å². The fourth-order valence-corrected chi connectivity index (χ4v) is 4.34. The molecule has 3 heterocycles. The van der Waals surface area contributed by atoms with Crippen molar-refractivity contribution in [1.29, 1.82) is 0 Å². The van der Waals surface area contributed by atoms with Crippen molar-refractivity contribution in [2.75, 3.05) is 42.7 Å². The number of fused-ring (bicyclic) bond motifs is 1. The molecule has 0 fully saturated rings. The summed E-state index contributed by atoms with van der Waals surface area (Å²) in [4.78, 5) is 41.9. The van der Waals surface area contributed by atoms with Crippen LogP contribution in [0.2, 0.25) is 5.02 Å². The lowest BCUT2D eigenvalue weighted by molar-refractivity contribution is 0.0964. The molecule has 5 rings (SSSR count). The molecule has 0 unspecified atom stereocenters. The molecule has 0 spiro atoms. The molecule has 11 nitrogen and oxygen atoms in total. The largest absolute Gasteiger partial charge is 0.372 e. The van der Waals surface area contributed by atoms with Crippen LogP contribution in [-0.2, 0) is 6.54 Å². The third-order valence-corrected chi connectivity index (χ3v) is 6.49. The minimum atomic E-state index is -0.226. The summed E-state index contributed by atoms with van der Waals surface area (Å²) < 4.78 is 1.48. The predicted molar refractivity (Wildman–Crippen MR) is 147 cm³/mol. The van der Waals surface area contributed by atoms with Crippen LogP contribution in [-0.4, -0.2) is 63.5 Å². The molecule has 194 valence electrons. The average molecular weight is 532 g/mol. The van der Waals surface area contributed by atoms with E-state index in [1.54, 1.807) is 42.5 Å². The molecule has 1 aliphatic heterocycles. The minimum absolute atomic E-state index is 0.112. The summed E-state index contributed by atoms with van der Waals surface area (Å²) in [7, 11) is 3.57. The number of anilines is 5. The van der Waals surface area contributed by atoms with Crippen LogP contribution in [0.5, 0.6) is 0 Å². The Morgan fingerprint density at radius 1 is 1.08 bits per heavy atom. The number of benzene rings is 2. The highest BCUT2D eigenvalue weighted by Crippen LogP contribution is 2.30. The highest BCUT2D eigenvalue weighted by molar-refractivity contribution is 6.33. The van der Waals surface area contributed by atoms with Crippen LogP contribution in [0.3, 0.4) is 0 Å². The molecular formula is C26H26ClN9O2. The van der Waals surface area contributed by atoms with Crippen LogP contribution < -0.4 is 20.9 Å². The summed E-state index contributed by atoms with van der Waals surface area (Å²) in [6.07, 6.45) is 6.25. The van der Waals surface area contributed by atoms with E-state index < -0.39 is 0 Å². The number of hydrogen-bond donors (Lipinski definition) is 3. The highest BCUT2D eigenvalue weighted by atomic mass is 35.5. The summed E-state index contributed by atoms with van der Waals surface area (Å²) in [5, 5.41) is 9.31. The first-order chi connectivity index (χ1) is 18.4. The van der Waals surface area contributed by atoms with E-state index in [-0.39, 0.29) is 11.9 Å². The third kappa shape index (κ3) is 5.23. The Hall–Kier alpha value is -4.64. The van der Waals surface area contributed by atoms with E-state index >= 15 is 0 Å². The van der Waals surface area contributed by atoms with Gasteiger partial charge in [-0.3, -0.25) is 9.36 Å². The van der Waals surface area contributed by atoms with E-state index in [0.717, 1.165) is 16.9 Å². The third-order valence-electron chi connectivity index (χ3n) is 6.21. The van der Waals surface area contributed by atoms with Crippen molar-refractivity contribution >= 4 is 52.4 Å². The average Bonchev–Trinajstić information content (AvgIpc) is 3.42. The highest BCUT2D eigenvalue weighted by Gasteiger charge is 2.23. The quantitative estimate of drug-likeness (QED) is 0.352. The van der Waals surface area contributed by atoms with E-state index in [2.05, 4.69) is 35.8 Å². The van der Waals surface area contributed by atoms with Crippen LogP contribution in [0.15, 0.2) is 67.4 Å². The maximum absolute atomic E-state index is 12.9. The lowest BCUT2D eigenvalue weighted by Gasteiger charge is -2.20. The summed E-state index contributed by atoms with van der Waals surface area (Å²) in [6.45, 7) is 1.73. The molecule has 2 amide bonds. The molecule has 0 bridgehead atoms. The lowest BCUT2D eigenvalue weighted by Crippen LogP contribution is -2.36. The number of para-hydroxylation sites is 1. The van der Waals surface area contributed by atoms with Gasteiger partial charge in [-0.25, -0.2) is 14.8 Å². The van der Waals surface area contributed by atoms with Crippen molar-refractivity contribution in [2.24, 2.45) is 0 Å². The van der Waals surface area contributed by atoms with Gasteiger partial charge < -0.3 is 25.8 Å². The molecule has 0 radical (unpaired) electrons. The summed E-state index contributed by atoms with van der Waals surface area (Å²) in [5.74, 6) is 0.472. The zero-order chi connectivity index (χ0) is 26.6. The van der Waals surface area contributed by atoms with Gasteiger partial charge in [0.1, 0.15) is 11.3 Å². The fraction of sp³-hybridized carbons (Fsp3) is 0.192. The van der Waals surface area contributed by atoms with Gasteiger partial charge in [-0.2, -0.15) is 4.98 Å². The number of nitrogens with one attached hydrogen (secondary N) is 3. The van der Waals surface area contributed by atoms with Gasteiger partial charge in [-0.1, -0.05) is 29.8 Å². The van der Waals surface area contributed by atoms with Crippen LogP contribution in [0, 0.1) is 0 Å². The number of carbonyl (C=O) groups excluding carboxylic acids is 2.